The molecule has 1 heterocycles. The van der Waals surface area contributed by atoms with E-state index in [-0.39, 0.29) is 12.4 Å². The second-order valence-electron chi connectivity index (χ2n) is 4.05. The molecule has 2 aromatic rings. The van der Waals surface area contributed by atoms with Crippen molar-refractivity contribution in [2.24, 2.45) is 0 Å². The fraction of sp³-hybridized carbons (Fsp3) is 0.385. The van der Waals surface area contributed by atoms with Gasteiger partial charge in [-0.2, -0.15) is 0 Å². The molecule has 0 saturated heterocycles. The van der Waals surface area contributed by atoms with E-state index in [2.05, 4.69) is 9.72 Å². The standard InChI is InChI=1S/C13H14Cl2N2O2/c1-19-12(18)6-8-17-11(5-7-14)16-10-4-2-3-9(15)13(10)17/h2-4H,5-8H2,1H3. The van der Waals surface area contributed by atoms with Gasteiger partial charge in [-0.05, 0) is 12.1 Å². The number of methoxy groups -OCH3 is 1. The molecular weight excluding hydrogens is 287 g/mol. The van der Waals surface area contributed by atoms with E-state index in [1.54, 1.807) is 0 Å². The Kier molecular flexibility index (Phi) is 4.66. The van der Waals surface area contributed by atoms with Gasteiger partial charge in [0.1, 0.15) is 5.82 Å². The van der Waals surface area contributed by atoms with Crippen molar-refractivity contribution >= 4 is 40.2 Å². The van der Waals surface area contributed by atoms with Gasteiger partial charge in [-0.15, -0.1) is 11.6 Å². The van der Waals surface area contributed by atoms with Crippen molar-refractivity contribution in [1.82, 2.24) is 9.55 Å². The van der Waals surface area contributed by atoms with Gasteiger partial charge >= 0.3 is 5.97 Å². The number of esters is 1. The molecule has 1 aromatic carbocycles. The van der Waals surface area contributed by atoms with Crippen LogP contribution in [0.5, 0.6) is 0 Å². The normalized spacial score (nSPS) is 10.9. The highest BCUT2D eigenvalue weighted by atomic mass is 35.5. The van der Waals surface area contributed by atoms with Gasteiger partial charge in [0.2, 0.25) is 0 Å². The van der Waals surface area contributed by atoms with Crippen molar-refractivity contribution in [3.8, 4) is 0 Å². The van der Waals surface area contributed by atoms with Gasteiger partial charge < -0.3 is 9.30 Å². The molecule has 19 heavy (non-hydrogen) atoms. The van der Waals surface area contributed by atoms with Crippen LogP contribution in [0.3, 0.4) is 0 Å². The van der Waals surface area contributed by atoms with Crippen molar-refractivity contribution in [3.63, 3.8) is 0 Å². The number of carbonyl (C=O) groups is 1. The first-order valence-corrected chi connectivity index (χ1v) is 6.85. The Morgan fingerprint density at radius 1 is 1.47 bits per heavy atom. The number of aryl methyl sites for hydroxylation is 2. The van der Waals surface area contributed by atoms with Crippen LogP contribution in [0, 0.1) is 0 Å². The van der Waals surface area contributed by atoms with E-state index in [0.717, 1.165) is 16.9 Å². The topological polar surface area (TPSA) is 44.1 Å². The maximum atomic E-state index is 11.3. The van der Waals surface area contributed by atoms with Crippen LogP contribution in [0.15, 0.2) is 18.2 Å². The Labute approximate surface area is 121 Å². The average Bonchev–Trinajstić information content (AvgIpc) is 2.75. The number of rotatable bonds is 5. The zero-order valence-corrected chi connectivity index (χ0v) is 12.0. The van der Waals surface area contributed by atoms with Crippen molar-refractivity contribution in [2.45, 2.75) is 19.4 Å². The van der Waals surface area contributed by atoms with Gasteiger partial charge in [0.05, 0.1) is 29.6 Å². The lowest BCUT2D eigenvalue weighted by Crippen LogP contribution is -2.10. The lowest BCUT2D eigenvalue weighted by molar-refractivity contribution is -0.140. The molecule has 102 valence electrons. The van der Waals surface area contributed by atoms with Crippen LogP contribution < -0.4 is 0 Å². The molecule has 0 amide bonds. The largest absolute Gasteiger partial charge is 0.469 e. The summed E-state index contributed by atoms with van der Waals surface area (Å²) in [6, 6.07) is 5.56. The third-order valence-corrected chi connectivity index (χ3v) is 3.38. The monoisotopic (exact) mass is 300 g/mol. The molecule has 0 N–H and O–H groups in total. The highest BCUT2D eigenvalue weighted by Gasteiger charge is 2.14. The molecule has 0 bridgehead atoms. The summed E-state index contributed by atoms with van der Waals surface area (Å²) in [6.45, 7) is 0.485. The van der Waals surface area contributed by atoms with Crippen LogP contribution in [0.1, 0.15) is 12.2 Å². The number of alkyl halides is 1. The van der Waals surface area contributed by atoms with Crippen LogP contribution in [0.2, 0.25) is 5.02 Å². The zero-order valence-electron chi connectivity index (χ0n) is 10.5. The van der Waals surface area contributed by atoms with Gasteiger partial charge in [0.25, 0.3) is 0 Å². The predicted molar refractivity (Wildman–Crippen MR) is 75.8 cm³/mol. The van der Waals surface area contributed by atoms with E-state index in [1.165, 1.54) is 7.11 Å². The van der Waals surface area contributed by atoms with Crippen LogP contribution in [0.4, 0.5) is 0 Å². The van der Waals surface area contributed by atoms with Crippen LogP contribution in [-0.2, 0) is 22.5 Å². The summed E-state index contributed by atoms with van der Waals surface area (Å²) in [5, 5.41) is 0.621. The van der Waals surface area contributed by atoms with Crippen LogP contribution in [-0.4, -0.2) is 28.5 Å². The van der Waals surface area contributed by atoms with E-state index in [9.17, 15) is 4.79 Å². The number of ether oxygens (including phenoxy) is 1. The number of nitrogens with zero attached hydrogens (tertiary/aromatic N) is 2. The summed E-state index contributed by atoms with van der Waals surface area (Å²) >= 11 is 12.0. The third kappa shape index (κ3) is 3.01. The number of hydrogen-bond donors (Lipinski definition) is 0. The minimum absolute atomic E-state index is 0.259. The molecule has 2 rings (SSSR count). The van der Waals surface area contributed by atoms with Gasteiger partial charge in [-0.25, -0.2) is 4.98 Å². The molecule has 0 fully saturated rings. The van der Waals surface area contributed by atoms with Crippen LogP contribution >= 0.6 is 23.2 Å². The maximum Gasteiger partial charge on any atom is 0.307 e. The summed E-state index contributed by atoms with van der Waals surface area (Å²) < 4.78 is 6.60. The number of para-hydroxylation sites is 1. The Morgan fingerprint density at radius 3 is 2.95 bits per heavy atom. The highest BCUT2D eigenvalue weighted by Crippen LogP contribution is 2.25. The molecule has 0 aliphatic heterocycles. The summed E-state index contributed by atoms with van der Waals surface area (Å²) in [4.78, 5) is 15.8. The SMILES string of the molecule is COC(=O)CCn1c(CCCl)nc2cccc(Cl)c21. The Bertz CT molecular complexity index is 596. The van der Waals surface area contributed by atoms with E-state index < -0.39 is 0 Å². The van der Waals surface area contributed by atoms with Gasteiger partial charge in [0, 0.05) is 18.8 Å². The number of imidazole rings is 1. The molecule has 0 radical (unpaired) electrons. The average molecular weight is 301 g/mol. The number of fused-ring (bicyclic) bond motifs is 1. The molecule has 0 spiro atoms. The molecule has 0 atom stereocenters. The van der Waals surface area contributed by atoms with Crippen molar-refractivity contribution in [1.29, 1.82) is 0 Å². The van der Waals surface area contributed by atoms with E-state index in [4.69, 9.17) is 23.2 Å². The molecule has 0 aliphatic rings. The van der Waals surface area contributed by atoms with E-state index >= 15 is 0 Å². The fourth-order valence-corrected chi connectivity index (χ4v) is 2.45. The zero-order chi connectivity index (χ0) is 13.8. The Balaban J connectivity index is 2.42. The van der Waals surface area contributed by atoms with Crippen molar-refractivity contribution < 1.29 is 9.53 Å². The summed E-state index contributed by atoms with van der Waals surface area (Å²) in [7, 11) is 1.38. The molecule has 1 aromatic heterocycles. The first kappa shape index (κ1) is 14.2. The summed E-state index contributed by atoms with van der Waals surface area (Å²) in [5.74, 6) is 1.05. The first-order chi connectivity index (χ1) is 9.17. The van der Waals surface area contributed by atoms with Gasteiger partial charge in [0.15, 0.2) is 0 Å². The number of halogens is 2. The lowest BCUT2D eigenvalue weighted by atomic mass is 10.3. The minimum Gasteiger partial charge on any atom is -0.469 e. The number of hydrogen-bond acceptors (Lipinski definition) is 3. The van der Waals surface area contributed by atoms with Gasteiger partial charge in [-0.1, -0.05) is 17.7 Å². The second kappa shape index (κ2) is 6.26. The lowest BCUT2D eigenvalue weighted by Gasteiger charge is -2.08. The van der Waals surface area contributed by atoms with Crippen molar-refractivity contribution in [2.75, 3.05) is 13.0 Å². The molecule has 0 unspecified atom stereocenters. The van der Waals surface area contributed by atoms with Crippen molar-refractivity contribution in [3.05, 3.63) is 29.0 Å². The number of aromatic nitrogens is 2. The van der Waals surface area contributed by atoms with E-state index in [0.29, 0.717) is 23.9 Å². The molecule has 4 nitrogen and oxygen atoms in total. The molecule has 0 saturated carbocycles. The second-order valence-corrected chi connectivity index (χ2v) is 4.84. The summed E-state index contributed by atoms with van der Waals surface area (Å²) in [5.41, 5.74) is 1.66. The molecule has 0 aliphatic carbocycles. The third-order valence-electron chi connectivity index (χ3n) is 2.88. The maximum absolute atomic E-state index is 11.3. The molecule has 6 heteroatoms. The number of benzene rings is 1. The summed E-state index contributed by atoms with van der Waals surface area (Å²) in [6.07, 6.45) is 0.913. The Morgan fingerprint density at radius 2 is 2.26 bits per heavy atom. The number of carbonyl (C=O) groups excluding carboxylic acids is 1. The highest BCUT2D eigenvalue weighted by molar-refractivity contribution is 6.35. The fourth-order valence-electron chi connectivity index (χ4n) is 2.01. The minimum atomic E-state index is -0.259. The quantitative estimate of drug-likeness (QED) is 0.630. The van der Waals surface area contributed by atoms with Crippen LogP contribution in [0.25, 0.3) is 11.0 Å². The smallest absolute Gasteiger partial charge is 0.307 e. The first-order valence-electron chi connectivity index (χ1n) is 5.93. The Hall–Kier alpha value is -1.26. The van der Waals surface area contributed by atoms with E-state index in [1.807, 2.05) is 22.8 Å². The molecular formula is C13H14Cl2N2O2. The van der Waals surface area contributed by atoms with Gasteiger partial charge in [-0.3, -0.25) is 4.79 Å². The predicted octanol–water partition coefficient (Wildman–Crippen LogP) is 3.03.